The molecule has 158 valence electrons. The first-order valence-electron chi connectivity index (χ1n) is 7.51. The maximum Gasteiger partial charge on any atom is 0.419 e. The molecule has 3 N–H and O–H groups in total. The molecular formula is C15H13ClF3N3O5S2. The van der Waals surface area contributed by atoms with Crippen LogP contribution in [0.1, 0.15) is 29.8 Å². The summed E-state index contributed by atoms with van der Waals surface area (Å²) in [5.41, 5.74) is 1.22. The van der Waals surface area contributed by atoms with E-state index in [2.05, 4.69) is 4.98 Å². The van der Waals surface area contributed by atoms with Gasteiger partial charge in [0.2, 0.25) is 0 Å². The summed E-state index contributed by atoms with van der Waals surface area (Å²) in [4.78, 5) is 27.5. The van der Waals surface area contributed by atoms with Gasteiger partial charge in [0.25, 0.3) is 21.8 Å². The average molecular weight is 472 g/mol. The Hall–Kier alpha value is -2.22. The van der Waals surface area contributed by atoms with Crippen molar-refractivity contribution in [3.8, 4) is 0 Å². The largest absolute Gasteiger partial charge is 0.419 e. The molecular weight excluding hydrogens is 459 g/mol. The fraction of sp³-hybridized carbons (Fsp3) is 0.267. The number of alkyl halides is 3. The van der Waals surface area contributed by atoms with E-state index in [0.717, 1.165) is 19.9 Å². The molecule has 0 aliphatic heterocycles. The Morgan fingerprint density at radius 2 is 1.83 bits per heavy atom. The zero-order valence-electron chi connectivity index (χ0n) is 14.7. The molecule has 0 aliphatic rings. The lowest BCUT2D eigenvalue weighted by Crippen LogP contribution is -2.48. The summed E-state index contributed by atoms with van der Waals surface area (Å²) >= 11 is 6.12. The number of carbonyl (C=O) groups is 2. The number of pyridine rings is 1. The molecule has 2 aromatic rings. The van der Waals surface area contributed by atoms with E-state index < -0.39 is 54.4 Å². The predicted molar refractivity (Wildman–Crippen MR) is 98.1 cm³/mol. The third-order valence-corrected chi connectivity index (χ3v) is 6.32. The van der Waals surface area contributed by atoms with Crippen LogP contribution in [0.2, 0.25) is 5.15 Å². The van der Waals surface area contributed by atoms with Gasteiger partial charge in [-0.1, -0.05) is 11.6 Å². The van der Waals surface area contributed by atoms with Gasteiger partial charge in [-0.25, -0.2) is 4.98 Å². The highest BCUT2D eigenvalue weighted by molar-refractivity contribution is 7.93. The third kappa shape index (κ3) is 4.52. The van der Waals surface area contributed by atoms with Crippen molar-refractivity contribution < 1.29 is 36.3 Å². The molecule has 0 atom stereocenters. The molecule has 2 amide bonds. The van der Waals surface area contributed by atoms with E-state index in [4.69, 9.17) is 17.3 Å². The topological polar surface area (TPSA) is 131 Å². The van der Waals surface area contributed by atoms with Gasteiger partial charge in [0.1, 0.15) is 15.8 Å². The Bertz CT molecular complexity index is 1080. The Labute approximate surface area is 171 Å². The van der Waals surface area contributed by atoms with Gasteiger partial charge in [-0.05, 0) is 37.4 Å². The van der Waals surface area contributed by atoms with Gasteiger partial charge in [-0.15, -0.1) is 11.3 Å². The van der Waals surface area contributed by atoms with Crippen molar-refractivity contribution in [2.75, 3.05) is 4.31 Å². The summed E-state index contributed by atoms with van der Waals surface area (Å²) in [6.07, 6.45) is -4.89. The maximum atomic E-state index is 13.1. The number of rotatable bonds is 5. The van der Waals surface area contributed by atoms with Crippen LogP contribution in [0.3, 0.4) is 0 Å². The van der Waals surface area contributed by atoms with Gasteiger partial charge >= 0.3 is 6.18 Å². The number of sulfonamides is 1. The standard InChI is InChI=1S/C15H13ClF3N3O5S2/c1-14(2,25)13(24)22(12-7(11(20)23)5-6-28-12)29(26,27)9-4-3-8(10(16)21-9)15(17,18)19/h3-6,25H,1-2H3,(H2,20,23). The van der Waals surface area contributed by atoms with E-state index in [9.17, 15) is 36.3 Å². The van der Waals surface area contributed by atoms with Crippen LogP contribution < -0.4 is 10.0 Å². The molecule has 29 heavy (non-hydrogen) atoms. The molecule has 8 nitrogen and oxygen atoms in total. The second-order valence-electron chi connectivity index (χ2n) is 6.12. The van der Waals surface area contributed by atoms with E-state index in [-0.39, 0.29) is 9.87 Å². The average Bonchev–Trinajstić information content (AvgIpc) is 3.01. The van der Waals surface area contributed by atoms with Crippen molar-refractivity contribution in [2.24, 2.45) is 5.73 Å². The van der Waals surface area contributed by atoms with Crippen LogP contribution in [0, 0.1) is 0 Å². The van der Waals surface area contributed by atoms with Crippen LogP contribution in [0.4, 0.5) is 18.2 Å². The monoisotopic (exact) mass is 471 g/mol. The van der Waals surface area contributed by atoms with Gasteiger partial charge in [-0.3, -0.25) is 9.59 Å². The second-order valence-corrected chi connectivity index (χ2v) is 9.11. The zero-order chi connectivity index (χ0) is 22.4. The van der Waals surface area contributed by atoms with Crippen LogP contribution in [-0.2, 0) is 21.0 Å². The van der Waals surface area contributed by atoms with Crippen LogP contribution in [-0.4, -0.2) is 35.9 Å². The highest BCUT2D eigenvalue weighted by Crippen LogP contribution is 2.37. The molecule has 0 bridgehead atoms. The van der Waals surface area contributed by atoms with E-state index in [0.29, 0.717) is 23.5 Å². The highest BCUT2D eigenvalue weighted by atomic mass is 35.5. The molecule has 0 aliphatic carbocycles. The fourth-order valence-electron chi connectivity index (χ4n) is 2.07. The van der Waals surface area contributed by atoms with Crippen molar-refractivity contribution in [3.63, 3.8) is 0 Å². The normalized spacial score (nSPS) is 12.7. The Morgan fingerprint density at radius 3 is 2.28 bits per heavy atom. The van der Waals surface area contributed by atoms with Crippen LogP contribution in [0.15, 0.2) is 28.6 Å². The molecule has 14 heteroatoms. The number of aromatic nitrogens is 1. The summed E-state index contributed by atoms with van der Waals surface area (Å²) in [5, 5.41) is 8.69. The molecule has 0 unspecified atom stereocenters. The number of halogens is 4. The molecule has 0 spiro atoms. The first-order chi connectivity index (χ1) is 13.1. The van der Waals surface area contributed by atoms with E-state index in [1.54, 1.807) is 0 Å². The van der Waals surface area contributed by atoms with Gasteiger partial charge in [0.05, 0.1) is 11.1 Å². The van der Waals surface area contributed by atoms with Crippen molar-refractivity contribution in [2.45, 2.75) is 30.7 Å². The van der Waals surface area contributed by atoms with Crippen LogP contribution in [0.25, 0.3) is 0 Å². The fourth-order valence-corrected chi connectivity index (χ4v) is 5.01. The summed E-state index contributed by atoms with van der Waals surface area (Å²) in [5.74, 6) is -2.45. The quantitative estimate of drug-likeness (QED) is 0.644. The lowest BCUT2D eigenvalue weighted by molar-refractivity contribution is -0.137. The summed E-state index contributed by atoms with van der Waals surface area (Å²) in [6.45, 7) is 1.98. The van der Waals surface area contributed by atoms with Crippen molar-refractivity contribution in [1.29, 1.82) is 0 Å². The van der Waals surface area contributed by atoms with Gasteiger partial charge in [-0.2, -0.15) is 25.9 Å². The number of thiophene rings is 1. The molecule has 0 radical (unpaired) electrons. The van der Waals surface area contributed by atoms with Gasteiger partial charge in [0.15, 0.2) is 5.03 Å². The summed E-state index contributed by atoms with van der Waals surface area (Å²) < 4.78 is 64.8. The minimum absolute atomic E-state index is 0.0731. The van der Waals surface area contributed by atoms with Gasteiger partial charge in [0, 0.05) is 0 Å². The molecule has 0 saturated heterocycles. The number of hydrogen-bond acceptors (Lipinski definition) is 7. The number of carbonyl (C=O) groups excluding carboxylic acids is 2. The van der Waals surface area contributed by atoms with E-state index in [1.807, 2.05) is 0 Å². The zero-order valence-corrected chi connectivity index (χ0v) is 17.1. The lowest BCUT2D eigenvalue weighted by Gasteiger charge is -2.27. The Morgan fingerprint density at radius 1 is 1.24 bits per heavy atom. The number of primary amides is 1. The summed E-state index contributed by atoms with van der Waals surface area (Å²) in [7, 11) is -4.98. The lowest BCUT2D eigenvalue weighted by atomic mass is 10.1. The van der Waals surface area contributed by atoms with Crippen molar-refractivity contribution in [3.05, 3.63) is 39.9 Å². The van der Waals surface area contributed by atoms with Crippen LogP contribution >= 0.6 is 22.9 Å². The Kier molecular flexibility index (Phi) is 6.01. The van der Waals surface area contributed by atoms with Crippen LogP contribution in [0.5, 0.6) is 0 Å². The third-order valence-electron chi connectivity index (χ3n) is 3.44. The van der Waals surface area contributed by atoms with Crippen molar-refractivity contribution in [1.82, 2.24) is 4.98 Å². The minimum Gasteiger partial charge on any atom is -0.381 e. The number of nitrogens with two attached hydrogens (primary N) is 1. The molecule has 0 saturated carbocycles. The Balaban J connectivity index is 2.73. The number of amides is 2. The summed E-state index contributed by atoms with van der Waals surface area (Å²) in [6, 6.07) is 2.04. The van der Waals surface area contributed by atoms with Gasteiger partial charge < -0.3 is 10.8 Å². The molecule has 2 aromatic heterocycles. The molecule has 2 heterocycles. The second kappa shape index (κ2) is 7.55. The highest BCUT2D eigenvalue weighted by Gasteiger charge is 2.42. The number of hydrogen-bond donors (Lipinski definition) is 2. The maximum absolute atomic E-state index is 13.1. The number of aliphatic hydroxyl groups is 1. The minimum atomic E-state index is -4.98. The molecule has 2 rings (SSSR count). The first kappa shape index (κ1) is 23.1. The number of anilines is 1. The molecule has 0 aromatic carbocycles. The van der Waals surface area contributed by atoms with E-state index >= 15 is 0 Å². The molecule has 0 fully saturated rings. The smallest absolute Gasteiger partial charge is 0.381 e. The van der Waals surface area contributed by atoms with Crippen molar-refractivity contribution >= 4 is 49.8 Å². The van der Waals surface area contributed by atoms with E-state index in [1.165, 1.54) is 5.38 Å². The predicted octanol–water partition coefficient (Wildman–Crippen LogP) is 2.41. The first-order valence-corrected chi connectivity index (χ1v) is 10.2. The SMILES string of the molecule is CC(C)(O)C(=O)N(c1sccc1C(N)=O)S(=O)(=O)c1ccc(C(F)(F)F)c(Cl)n1. The number of nitrogens with zero attached hydrogens (tertiary/aromatic N) is 2.